The van der Waals surface area contributed by atoms with Crippen molar-refractivity contribution in [1.29, 1.82) is 0 Å². The number of aryl methyl sites for hydroxylation is 2. The molecule has 0 aliphatic carbocycles. The molecule has 0 saturated carbocycles. The van der Waals surface area contributed by atoms with E-state index in [0.717, 1.165) is 11.1 Å². The Labute approximate surface area is 98.7 Å². The predicted octanol–water partition coefficient (Wildman–Crippen LogP) is 3.55. The lowest BCUT2D eigenvalue weighted by molar-refractivity contribution is 0.599. The van der Waals surface area contributed by atoms with Gasteiger partial charge in [-0.25, -0.2) is 4.39 Å². The zero-order valence-corrected chi connectivity index (χ0v) is 10.1. The molecule has 2 aromatic rings. The lowest BCUT2D eigenvalue weighted by Crippen LogP contribution is -2.13. The Hall–Kier alpha value is -1.19. The van der Waals surface area contributed by atoms with Crippen LogP contribution in [0.15, 0.2) is 29.6 Å². The first-order valence-electron chi connectivity index (χ1n) is 5.14. The van der Waals surface area contributed by atoms with Crippen LogP contribution in [0.4, 0.5) is 4.39 Å². The van der Waals surface area contributed by atoms with E-state index in [2.05, 4.69) is 0 Å². The van der Waals surface area contributed by atoms with E-state index in [4.69, 9.17) is 5.73 Å². The highest BCUT2D eigenvalue weighted by Crippen LogP contribution is 2.26. The van der Waals surface area contributed by atoms with E-state index in [-0.39, 0.29) is 11.9 Å². The number of nitrogens with two attached hydrogens (primary N) is 1. The Morgan fingerprint density at radius 2 is 2.00 bits per heavy atom. The van der Waals surface area contributed by atoms with Crippen LogP contribution in [0.1, 0.15) is 27.6 Å². The van der Waals surface area contributed by atoms with Gasteiger partial charge in [-0.15, -0.1) is 11.3 Å². The van der Waals surface area contributed by atoms with E-state index in [9.17, 15) is 4.39 Å². The Morgan fingerprint density at radius 3 is 2.62 bits per heavy atom. The third kappa shape index (κ3) is 2.15. The molecule has 0 aliphatic heterocycles. The molecule has 16 heavy (non-hydrogen) atoms. The lowest BCUT2D eigenvalue weighted by Gasteiger charge is -2.12. The molecule has 84 valence electrons. The molecule has 0 amide bonds. The van der Waals surface area contributed by atoms with Gasteiger partial charge in [0.05, 0.1) is 6.04 Å². The van der Waals surface area contributed by atoms with Crippen molar-refractivity contribution in [2.45, 2.75) is 19.9 Å². The van der Waals surface area contributed by atoms with E-state index in [0.29, 0.717) is 5.56 Å². The summed E-state index contributed by atoms with van der Waals surface area (Å²) in [6, 6.07) is 6.68. The van der Waals surface area contributed by atoms with Crippen LogP contribution in [0.2, 0.25) is 0 Å². The number of hydrogen-bond donors (Lipinski definition) is 1. The molecule has 2 rings (SSSR count). The molecule has 0 spiro atoms. The van der Waals surface area contributed by atoms with Crippen molar-refractivity contribution in [3.63, 3.8) is 0 Å². The van der Waals surface area contributed by atoms with Gasteiger partial charge >= 0.3 is 0 Å². The van der Waals surface area contributed by atoms with Crippen LogP contribution in [-0.2, 0) is 0 Å². The lowest BCUT2D eigenvalue weighted by atomic mass is 9.99. The first-order valence-corrected chi connectivity index (χ1v) is 6.02. The Kier molecular flexibility index (Phi) is 3.08. The quantitative estimate of drug-likeness (QED) is 0.846. The van der Waals surface area contributed by atoms with Gasteiger partial charge in [0, 0.05) is 10.4 Å². The molecule has 1 heterocycles. The van der Waals surface area contributed by atoms with E-state index in [1.165, 1.54) is 10.9 Å². The Bertz CT molecular complexity index is 504. The van der Waals surface area contributed by atoms with E-state index < -0.39 is 0 Å². The molecule has 0 radical (unpaired) electrons. The van der Waals surface area contributed by atoms with Gasteiger partial charge in [0.25, 0.3) is 0 Å². The number of halogens is 1. The molecule has 1 aromatic carbocycles. The number of benzene rings is 1. The van der Waals surface area contributed by atoms with Crippen molar-refractivity contribution < 1.29 is 4.39 Å². The highest BCUT2D eigenvalue weighted by Gasteiger charge is 2.14. The molecular weight excluding hydrogens is 221 g/mol. The van der Waals surface area contributed by atoms with Crippen LogP contribution in [0, 0.1) is 19.7 Å². The maximum absolute atomic E-state index is 13.6. The zero-order chi connectivity index (χ0) is 11.7. The van der Waals surface area contributed by atoms with E-state index in [1.807, 2.05) is 31.4 Å². The van der Waals surface area contributed by atoms with Crippen LogP contribution in [-0.4, -0.2) is 0 Å². The Morgan fingerprint density at radius 1 is 1.25 bits per heavy atom. The van der Waals surface area contributed by atoms with Crippen molar-refractivity contribution in [2.24, 2.45) is 5.73 Å². The number of rotatable bonds is 2. The van der Waals surface area contributed by atoms with Crippen LogP contribution in [0.5, 0.6) is 0 Å². The minimum Gasteiger partial charge on any atom is -0.320 e. The van der Waals surface area contributed by atoms with Gasteiger partial charge in [-0.1, -0.05) is 17.7 Å². The molecular formula is C13H14FNS. The topological polar surface area (TPSA) is 26.0 Å². The summed E-state index contributed by atoms with van der Waals surface area (Å²) in [7, 11) is 0. The maximum atomic E-state index is 13.6. The summed E-state index contributed by atoms with van der Waals surface area (Å²) in [4.78, 5) is 1.19. The van der Waals surface area contributed by atoms with E-state index in [1.54, 1.807) is 17.4 Å². The molecule has 0 saturated heterocycles. The first kappa shape index (κ1) is 11.3. The van der Waals surface area contributed by atoms with Crippen molar-refractivity contribution in [1.82, 2.24) is 0 Å². The first-order chi connectivity index (χ1) is 7.58. The smallest absolute Gasteiger partial charge is 0.128 e. The molecule has 0 bridgehead atoms. The number of hydrogen-bond acceptors (Lipinski definition) is 2. The standard InChI is InChI=1S/C13H14FNS/c1-8-3-4-12(14)11(5-8)13(15)10-6-9(2)16-7-10/h3-7,13H,15H2,1-2H3. The SMILES string of the molecule is Cc1ccc(F)c(C(N)c2csc(C)c2)c1. The molecule has 1 nitrogen and oxygen atoms in total. The van der Waals surface area contributed by atoms with Crippen molar-refractivity contribution in [3.05, 3.63) is 57.0 Å². The number of thiophene rings is 1. The average Bonchev–Trinajstić information content (AvgIpc) is 2.67. The minimum absolute atomic E-state index is 0.234. The molecule has 2 N–H and O–H groups in total. The third-order valence-electron chi connectivity index (χ3n) is 2.60. The summed E-state index contributed by atoms with van der Waals surface area (Å²) in [6.45, 7) is 3.96. The molecule has 1 atom stereocenters. The highest BCUT2D eigenvalue weighted by atomic mass is 32.1. The van der Waals surface area contributed by atoms with Gasteiger partial charge in [0.1, 0.15) is 5.82 Å². The fourth-order valence-corrected chi connectivity index (χ4v) is 2.45. The summed E-state index contributed by atoms with van der Waals surface area (Å²) in [5.74, 6) is -0.234. The second kappa shape index (κ2) is 4.36. The van der Waals surface area contributed by atoms with Crippen LogP contribution in [0.3, 0.4) is 0 Å². The van der Waals surface area contributed by atoms with E-state index >= 15 is 0 Å². The zero-order valence-electron chi connectivity index (χ0n) is 9.33. The van der Waals surface area contributed by atoms with Crippen LogP contribution < -0.4 is 5.73 Å². The molecule has 0 aliphatic rings. The minimum atomic E-state index is -0.371. The van der Waals surface area contributed by atoms with Crippen molar-refractivity contribution in [3.8, 4) is 0 Å². The summed E-state index contributed by atoms with van der Waals surface area (Å²) >= 11 is 1.64. The van der Waals surface area contributed by atoms with Crippen LogP contribution in [0.25, 0.3) is 0 Å². The van der Waals surface area contributed by atoms with Crippen LogP contribution >= 0.6 is 11.3 Å². The highest BCUT2D eigenvalue weighted by molar-refractivity contribution is 7.10. The van der Waals surface area contributed by atoms with Gasteiger partial charge in [-0.3, -0.25) is 0 Å². The van der Waals surface area contributed by atoms with Gasteiger partial charge < -0.3 is 5.73 Å². The van der Waals surface area contributed by atoms with Gasteiger partial charge in [-0.05, 0) is 36.9 Å². The fourth-order valence-electron chi connectivity index (χ4n) is 1.71. The monoisotopic (exact) mass is 235 g/mol. The second-order valence-corrected chi connectivity index (χ2v) is 5.11. The summed E-state index contributed by atoms with van der Waals surface area (Å²) in [6.07, 6.45) is 0. The van der Waals surface area contributed by atoms with Gasteiger partial charge in [-0.2, -0.15) is 0 Å². The summed E-state index contributed by atoms with van der Waals surface area (Å²) in [5.41, 5.74) is 8.64. The fraction of sp³-hybridized carbons (Fsp3) is 0.231. The third-order valence-corrected chi connectivity index (χ3v) is 3.48. The largest absolute Gasteiger partial charge is 0.320 e. The average molecular weight is 235 g/mol. The molecule has 1 unspecified atom stereocenters. The Balaban J connectivity index is 2.40. The predicted molar refractivity (Wildman–Crippen MR) is 66.2 cm³/mol. The summed E-state index contributed by atoms with van der Waals surface area (Å²) < 4.78 is 13.6. The van der Waals surface area contributed by atoms with Crippen molar-refractivity contribution in [2.75, 3.05) is 0 Å². The van der Waals surface area contributed by atoms with Gasteiger partial charge in [0.15, 0.2) is 0 Å². The maximum Gasteiger partial charge on any atom is 0.128 e. The molecule has 1 aromatic heterocycles. The second-order valence-electron chi connectivity index (χ2n) is 3.99. The van der Waals surface area contributed by atoms with Gasteiger partial charge in [0.2, 0.25) is 0 Å². The summed E-state index contributed by atoms with van der Waals surface area (Å²) in [5, 5.41) is 1.99. The van der Waals surface area contributed by atoms with Crippen molar-refractivity contribution >= 4 is 11.3 Å². The molecule has 3 heteroatoms. The molecule has 0 fully saturated rings. The normalized spacial score (nSPS) is 12.8.